The molecule has 0 unspecified atom stereocenters. The number of sulfonamides is 1. The van der Waals surface area contributed by atoms with Gasteiger partial charge >= 0.3 is 0 Å². The third-order valence-electron chi connectivity index (χ3n) is 4.10. The van der Waals surface area contributed by atoms with Crippen molar-refractivity contribution in [1.29, 1.82) is 5.26 Å². The normalized spacial score (nSPS) is 16.4. The number of hydrogen-bond donors (Lipinski definition) is 1. The fourth-order valence-corrected chi connectivity index (χ4v) is 3.56. The van der Waals surface area contributed by atoms with E-state index >= 15 is 0 Å². The number of carbonyl (C=O) groups excluding carboxylic acids is 1. The van der Waals surface area contributed by atoms with Crippen LogP contribution in [0, 0.1) is 16.7 Å². The minimum absolute atomic E-state index is 0.0268. The molecule has 0 spiro atoms. The van der Waals surface area contributed by atoms with Crippen molar-refractivity contribution in [1.82, 2.24) is 4.72 Å². The second kappa shape index (κ2) is 6.46. The SMILES string of the molecule is COCCC1(C(=O)NS(=O)(=O)c2ccc(C#N)cc2)CCC1. The maximum Gasteiger partial charge on any atom is 0.264 e. The number of nitrogens with one attached hydrogen (secondary N) is 1. The van der Waals surface area contributed by atoms with E-state index in [4.69, 9.17) is 10.00 Å². The smallest absolute Gasteiger partial charge is 0.264 e. The van der Waals surface area contributed by atoms with Crippen LogP contribution in [0.4, 0.5) is 0 Å². The number of methoxy groups -OCH3 is 1. The Hall–Kier alpha value is -1.91. The highest BCUT2D eigenvalue weighted by Gasteiger charge is 2.45. The molecule has 1 fully saturated rings. The fourth-order valence-electron chi connectivity index (χ4n) is 2.49. The Labute approximate surface area is 130 Å². The van der Waals surface area contributed by atoms with Gasteiger partial charge in [0.2, 0.25) is 5.91 Å². The number of nitrogens with zero attached hydrogens (tertiary/aromatic N) is 1. The van der Waals surface area contributed by atoms with Gasteiger partial charge in [-0.15, -0.1) is 0 Å². The number of amides is 1. The third kappa shape index (κ3) is 3.29. The summed E-state index contributed by atoms with van der Waals surface area (Å²) < 4.78 is 31.7. The summed E-state index contributed by atoms with van der Waals surface area (Å²) in [5.41, 5.74) is -0.281. The molecule has 22 heavy (non-hydrogen) atoms. The van der Waals surface area contributed by atoms with E-state index in [1.54, 1.807) is 7.11 Å². The number of carbonyl (C=O) groups is 1. The molecule has 118 valence electrons. The van der Waals surface area contributed by atoms with Crippen molar-refractivity contribution in [2.75, 3.05) is 13.7 Å². The molecule has 1 N–H and O–H groups in total. The van der Waals surface area contributed by atoms with Gasteiger partial charge in [-0.2, -0.15) is 5.26 Å². The molecule has 6 nitrogen and oxygen atoms in total. The largest absolute Gasteiger partial charge is 0.385 e. The Bertz CT molecular complexity index is 685. The standard InChI is InChI=1S/C15H18N2O4S/c1-21-10-9-15(7-2-8-15)14(18)17-22(19,20)13-5-3-12(11-16)4-6-13/h3-6H,2,7-10H2,1H3,(H,17,18). The molecule has 2 rings (SSSR count). The van der Waals surface area contributed by atoms with Gasteiger partial charge in [0.1, 0.15) is 0 Å². The molecule has 0 aromatic heterocycles. The first-order valence-electron chi connectivity index (χ1n) is 7.00. The number of nitriles is 1. The Morgan fingerprint density at radius 2 is 2.00 bits per heavy atom. The van der Waals surface area contributed by atoms with Crippen molar-refractivity contribution in [3.8, 4) is 6.07 Å². The lowest BCUT2D eigenvalue weighted by Gasteiger charge is -2.39. The molecule has 0 heterocycles. The second-order valence-corrected chi connectivity index (χ2v) is 7.13. The molecule has 0 atom stereocenters. The van der Waals surface area contributed by atoms with Crippen LogP contribution < -0.4 is 4.72 Å². The molecule has 0 saturated heterocycles. The second-order valence-electron chi connectivity index (χ2n) is 5.45. The van der Waals surface area contributed by atoms with E-state index < -0.39 is 21.3 Å². The molecule has 1 amide bonds. The van der Waals surface area contributed by atoms with Gasteiger partial charge in [-0.1, -0.05) is 6.42 Å². The zero-order chi connectivity index (χ0) is 16.2. The van der Waals surface area contributed by atoms with Crippen molar-refractivity contribution in [2.45, 2.75) is 30.6 Å². The van der Waals surface area contributed by atoms with Crippen LogP contribution in [0.2, 0.25) is 0 Å². The first kappa shape index (κ1) is 16.5. The first-order valence-corrected chi connectivity index (χ1v) is 8.48. The summed E-state index contributed by atoms with van der Waals surface area (Å²) >= 11 is 0. The molecule has 1 saturated carbocycles. The minimum Gasteiger partial charge on any atom is -0.385 e. The molecule has 0 radical (unpaired) electrons. The highest BCUT2D eigenvalue weighted by molar-refractivity contribution is 7.90. The van der Waals surface area contributed by atoms with Gasteiger partial charge in [0, 0.05) is 13.7 Å². The molecule has 1 aromatic rings. The summed E-state index contributed by atoms with van der Waals surface area (Å²) in [6.07, 6.45) is 2.77. The maximum absolute atomic E-state index is 12.4. The zero-order valence-corrected chi connectivity index (χ0v) is 13.1. The number of benzene rings is 1. The van der Waals surface area contributed by atoms with Crippen LogP contribution in [0.1, 0.15) is 31.2 Å². The van der Waals surface area contributed by atoms with E-state index in [0.29, 0.717) is 31.4 Å². The monoisotopic (exact) mass is 322 g/mol. The average Bonchev–Trinajstić information content (AvgIpc) is 2.46. The van der Waals surface area contributed by atoms with Crippen LogP contribution >= 0.6 is 0 Å². The molecule has 1 aliphatic carbocycles. The topological polar surface area (TPSA) is 96.3 Å². The summed E-state index contributed by atoms with van der Waals surface area (Å²) in [6.45, 7) is 0.421. The Balaban J connectivity index is 2.13. The van der Waals surface area contributed by atoms with Crippen molar-refractivity contribution in [3.63, 3.8) is 0 Å². The molecule has 7 heteroatoms. The summed E-state index contributed by atoms with van der Waals surface area (Å²) in [5, 5.41) is 8.72. The predicted octanol–water partition coefficient (Wildman–Crippen LogP) is 1.57. The van der Waals surface area contributed by atoms with Gasteiger partial charge in [0.25, 0.3) is 10.0 Å². The van der Waals surface area contributed by atoms with E-state index in [1.165, 1.54) is 24.3 Å². The van der Waals surface area contributed by atoms with Crippen LogP contribution in [-0.4, -0.2) is 28.0 Å². The maximum atomic E-state index is 12.4. The van der Waals surface area contributed by atoms with Crippen molar-refractivity contribution in [2.24, 2.45) is 5.41 Å². The number of hydrogen-bond acceptors (Lipinski definition) is 5. The molecule has 0 aliphatic heterocycles. The molecule has 1 aliphatic rings. The highest BCUT2D eigenvalue weighted by Crippen LogP contribution is 2.44. The van der Waals surface area contributed by atoms with E-state index in [9.17, 15) is 13.2 Å². The van der Waals surface area contributed by atoms with Gasteiger partial charge in [-0.3, -0.25) is 4.79 Å². The van der Waals surface area contributed by atoms with Gasteiger partial charge in [-0.05, 0) is 43.5 Å². The number of ether oxygens (including phenoxy) is 1. The van der Waals surface area contributed by atoms with Crippen LogP contribution in [0.3, 0.4) is 0 Å². The van der Waals surface area contributed by atoms with Crippen molar-refractivity contribution in [3.05, 3.63) is 29.8 Å². The van der Waals surface area contributed by atoms with Crippen LogP contribution in [0.5, 0.6) is 0 Å². The lowest BCUT2D eigenvalue weighted by atomic mass is 9.66. The average molecular weight is 322 g/mol. The van der Waals surface area contributed by atoms with Crippen molar-refractivity contribution >= 4 is 15.9 Å². The quantitative estimate of drug-likeness (QED) is 0.857. The fraction of sp³-hybridized carbons (Fsp3) is 0.467. The van der Waals surface area contributed by atoms with Gasteiger partial charge < -0.3 is 4.74 Å². The van der Waals surface area contributed by atoms with E-state index in [-0.39, 0.29) is 4.90 Å². The molecule has 1 aromatic carbocycles. The van der Waals surface area contributed by atoms with E-state index in [2.05, 4.69) is 4.72 Å². The zero-order valence-electron chi connectivity index (χ0n) is 12.3. The summed E-state index contributed by atoms with van der Waals surface area (Å²) in [7, 11) is -2.37. The lowest BCUT2D eigenvalue weighted by molar-refractivity contribution is -0.135. The summed E-state index contributed by atoms with van der Waals surface area (Å²) in [5.74, 6) is -0.472. The third-order valence-corrected chi connectivity index (χ3v) is 5.44. The lowest BCUT2D eigenvalue weighted by Crippen LogP contribution is -2.48. The van der Waals surface area contributed by atoms with E-state index in [1.807, 2.05) is 6.07 Å². The van der Waals surface area contributed by atoms with Gasteiger partial charge in [0.05, 0.1) is 21.9 Å². The van der Waals surface area contributed by atoms with Crippen LogP contribution in [-0.2, 0) is 19.6 Å². The summed E-state index contributed by atoms with van der Waals surface area (Å²) in [4.78, 5) is 12.3. The predicted molar refractivity (Wildman–Crippen MR) is 79.3 cm³/mol. The van der Waals surface area contributed by atoms with Crippen LogP contribution in [0.25, 0.3) is 0 Å². The van der Waals surface area contributed by atoms with Gasteiger partial charge in [0.15, 0.2) is 0 Å². The molecular formula is C15H18N2O4S. The Morgan fingerprint density at radius 1 is 1.36 bits per heavy atom. The van der Waals surface area contributed by atoms with Crippen LogP contribution in [0.15, 0.2) is 29.2 Å². The first-order chi connectivity index (χ1) is 10.4. The van der Waals surface area contributed by atoms with Crippen molar-refractivity contribution < 1.29 is 17.9 Å². The Kier molecular flexibility index (Phi) is 4.84. The van der Waals surface area contributed by atoms with E-state index in [0.717, 1.165) is 6.42 Å². The molecular weight excluding hydrogens is 304 g/mol. The Morgan fingerprint density at radius 3 is 2.45 bits per heavy atom. The highest BCUT2D eigenvalue weighted by atomic mass is 32.2. The minimum atomic E-state index is -3.92. The molecule has 0 bridgehead atoms. The summed E-state index contributed by atoms with van der Waals surface area (Å²) in [6, 6.07) is 7.36. The number of rotatable bonds is 6. The van der Waals surface area contributed by atoms with Gasteiger partial charge in [-0.25, -0.2) is 13.1 Å².